The molecule has 0 aliphatic heterocycles. The van der Waals surface area contributed by atoms with E-state index in [1.807, 2.05) is 0 Å². The Morgan fingerprint density at radius 1 is 1.00 bits per heavy atom. The Kier molecular flexibility index (Phi) is 5.56. The van der Waals surface area contributed by atoms with Gasteiger partial charge in [-0.15, -0.1) is 0 Å². The Bertz CT molecular complexity index is 97.6. The molecule has 3 atom stereocenters. The largest absolute Gasteiger partial charge is 0.301 e. The standard InChI is InChI=1S/C11H25N/c1-7-9(3)11(5)12(6)10(4)8-2/h9-11H,7-8H2,1-6H3. The summed E-state index contributed by atoms with van der Waals surface area (Å²) in [6, 6.07) is 1.43. The van der Waals surface area contributed by atoms with Crippen LogP contribution in [-0.4, -0.2) is 24.0 Å². The third-order valence-corrected chi connectivity index (χ3v) is 3.40. The fourth-order valence-electron chi connectivity index (χ4n) is 1.43. The second kappa shape index (κ2) is 5.58. The van der Waals surface area contributed by atoms with Crippen molar-refractivity contribution in [2.45, 2.75) is 59.5 Å². The van der Waals surface area contributed by atoms with E-state index in [4.69, 9.17) is 0 Å². The zero-order chi connectivity index (χ0) is 9.72. The molecule has 0 aromatic heterocycles. The number of nitrogens with zero attached hydrogens (tertiary/aromatic N) is 1. The smallest absolute Gasteiger partial charge is 0.00922 e. The highest BCUT2D eigenvalue weighted by molar-refractivity contribution is 4.73. The van der Waals surface area contributed by atoms with Gasteiger partial charge in [-0.1, -0.05) is 27.2 Å². The molecular formula is C11H25N. The molecular weight excluding hydrogens is 146 g/mol. The predicted molar refractivity (Wildman–Crippen MR) is 56.4 cm³/mol. The molecule has 12 heavy (non-hydrogen) atoms. The zero-order valence-electron chi connectivity index (χ0n) is 9.59. The fourth-order valence-corrected chi connectivity index (χ4v) is 1.43. The molecule has 0 rings (SSSR count). The second-order valence-corrected chi connectivity index (χ2v) is 4.05. The highest BCUT2D eigenvalue weighted by atomic mass is 15.1. The molecule has 1 nitrogen and oxygen atoms in total. The molecule has 3 unspecified atom stereocenters. The summed E-state index contributed by atoms with van der Waals surface area (Å²) in [5.74, 6) is 0.809. The summed E-state index contributed by atoms with van der Waals surface area (Å²) in [5, 5.41) is 0. The summed E-state index contributed by atoms with van der Waals surface area (Å²) in [6.07, 6.45) is 2.53. The van der Waals surface area contributed by atoms with E-state index < -0.39 is 0 Å². The summed E-state index contributed by atoms with van der Waals surface area (Å²) in [7, 11) is 2.24. The molecule has 74 valence electrons. The van der Waals surface area contributed by atoms with Crippen LogP contribution in [0.15, 0.2) is 0 Å². The molecule has 0 aliphatic rings. The van der Waals surface area contributed by atoms with Crippen LogP contribution in [0.5, 0.6) is 0 Å². The van der Waals surface area contributed by atoms with Crippen molar-refractivity contribution in [2.24, 2.45) is 5.92 Å². The molecule has 0 radical (unpaired) electrons. The van der Waals surface area contributed by atoms with Crippen molar-refractivity contribution < 1.29 is 0 Å². The van der Waals surface area contributed by atoms with Gasteiger partial charge in [-0.2, -0.15) is 0 Å². The third kappa shape index (κ3) is 3.14. The van der Waals surface area contributed by atoms with Gasteiger partial charge in [0.25, 0.3) is 0 Å². The first-order chi connectivity index (χ1) is 5.54. The van der Waals surface area contributed by atoms with E-state index in [1.165, 1.54) is 12.8 Å². The number of hydrogen-bond acceptors (Lipinski definition) is 1. The Labute approximate surface area is 78.1 Å². The summed E-state index contributed by atoms with van der Waals surface area (Å²) < 4.78 is 0. The van der Waals surface area contributed by atoms with Crippen LogP contribution in [-0.2, 0) is 0 Å². The highest BCUT2D eigenvalue weighted by Gasteiger charge is 2.18. The van der Waals surface area contributed by atoms with Gasteiger partial charge in [-0.25, -0.2) is 0 Å². The van der Waals surface area contributed by atoms with Crippen molar-refractivity contribution in [3.8, 4) is 0 Å². The normalized spacial score (nSPS) is 19.2. The van der Waals surface area contributed by atoms with E-state index >= 15 is 0 Å². The minimum absolute atomic E-state index is 0.713. The lowest BCUT2D eigenvalue weighted by Crippen LogP contribution is -2.40. The van der Waals surface area contributed by atoms with Crippen LogP contribution in [0.3, 0.4) is 0 Å². The van der Waals surface area contributed by atoms with Crippen molar-refractivity contribution in [1.82, 2.24) is 4.90 Å². The molecule has 0 N–H and O–H groups in total. The van der Waals surface area contributed by atoms with Gasteiger partial charge >= 0.3 is 0 Å². The van der Waals surface area contributed by atoms with Crippen LogP contribution in [0, 0.1) is 5.92 Å². The summed E-state index contributed by atoms with van der Waals surface area (Å²) in [4.78, 5) is 2.49. The van der Waals surface area contributed by atoms with Crippen LogP contribution in [0.4, 0.5) is 0 Å². The maximum atomic E-state index is 2.49. The van der Waals surface area contributed by atoms with Crippen LogP contribution < -0.4 is 0 Å². The molecule has 0 heterocycles. The minimum Gasteiger partial charge on any atom is -0.301 e. The Morgan fingerprint density at radius 2 is 1.50 bits per heavy atom. The summed E-state index contributed by atoms with van der Waals surface area (Å²) in [5.41, 5.74) is 0. The van der Waals surface area contributed by atoms with Crippen molar-refractivity contribution in [3.63, 3.8) is 0 Å². The van der Waals surface area contributed by atoms with E-state index in [0.29, 0.717) is 12.1 Å². The van der Waals surface area contributed by atoms with Crippen LogP contribution in [0.25, 0.3) is 0 Å². The zero-order valence-corrected chi connectivity index (χ0v) is 9.59. The molecule has 0 bridgehead atoms. The first-order valence-corrected chi connectivity index (χ1v) is 5.26. The van der Waals surface area contributed by atoms with Crippen molar-refractivity contribution in [2.75, 3.05) is 7.05 Å². The molecule has 0 saturated carbocycles. The lowest BCUT2D eigenvalue weighted by atomic mass is 9.98. The van der Waals surface area contributed by atoms with Gasteiger partial charge in [-0.05, 0) is 33.2 Å². The average Bonchev–Trinajstić information content (AvgIpc) is 2.12. The van der Waals surface area contributed by atoms with Gasteiger partial charge in [0.2, 0.25) is 0 Å². The van der Waals surface area contributed by atoms with Crippen LogP contribution in [0.2, 0.25) is 0 Å². The highest BCUT2D eigenvalue weighted by Crippen LogP contribution is 2.15. The van der Waals surface area contributed by atoms with Gasteiger partial charge in [0.1, 0.15) is 0 Å². The van der Waals surface area contributed by atoms with Crippen molar-refractivity contribution in [1.29, 1.82) is 0 Å². The lowest BCUT2D eigenvalue weighted by Gasteiger charge is -2.33. The molecule has 0 aliphatic carbocycles. The van der Waals surface area contributed by atoms with Gasteiger partial charge < -0.3 is 4.90 Å². The summed E-state index contributed by atoms with van der Waals surface area (Å²) >= 11 is 0. The molecule has 0 amide bonds. The number of hydrogen-bond donors (Lipinski definition) is 0. The Morgan fingerprint density at radius 3 is 1.83 bits per heavy atom. The molecule has 0 aromatic carbocycles. The fraction of sp³-hybridized carbons (Fsp3) is 1.00. The van der Waals surface area contributed by atoms with Crippen molar-refractivity contribution >= 4 is 0 Å². The third-order valence-electron chi connectivity index (χ3n) is 3.40. The van der Waals surface area contributed by atoms with Gasteiger partial charge in [0.15, 0.2) is 0 Å². The monoisotopic (exact) mass is 171 g/mol. The second-order valence-electron chi connectivity index (χ2n) is 4.05. The predicted octanol–water partition coefficient (Wildman–Crippen LogP) is 3.15. The van der Waals surface area contributed by atoms with E-state index in [9.17, 15) is 0 Å². The molecule has 0 spiro atoms. The lowest BCUT2D eigenvalue weighted by molar-refractivity contribution is 0.145. The SMILES string of the molecule is CCC(C)C(C)N(C)C(C)CC. The maximum Gasteiger partial charge on any atom is 0.00922 e. The van der Waals surface area contributed by atoms with E-state index in [-0.39, 0.29) is 0 Å². The Hall–Kier alpha value is -0.0400. The van der Waals surface area contributed by atoms with Gasteiger partial charge in [0, 0.05) is 12.1 Å². The van der Waals surface area contributed by atoms with Gasteiger partial charge in [-0.3, -0.25) is 0 Å². The summed E-state index contributed by atoms with van der Waals surface area (Å²) in [6.45, 7) is 11.5. The van der Waals surface area contributed by atoms with Crippen LogP contribution in [0.1, 0.15) is 47.5 Å². The first-order valence-electron chi connectivity index (χ1n) is 5.26. The van der Waals surface area contributed by atoms with Crippen LogP contribution >= 0.6 is 0 Å². The Balaban J connectivity index is 3.99. The van der Waals surface area contributed by atoms with Crippen molar-refractivity contribution in [3.05, 3.63) is 0 Å². The number of rotatable bonds is 5. The molecule has 0 fully saturated rings. The minimum atomic E-state index is 0.713. The average molecular weight is 171 g/mol. The van der Waals surface area contributed by atoms with E-state index in [2.05, 4.69) is 46.6 Å². The van der Waals surface area contributed by atoms with E-state index in [0.717, 1.165) is 5.92 Å². The van der Waals surface area contributed by atoms with E-state index in [1.54, 1.807) is 0 Å². The quantitative estimate of drug-likeness (QED) is 0.614. The first kappa shape index (κ1) is 12.0. The molecule has 0 aromatic rings. The maximum absolute atomic E-state index is 2.49. The van der Waals surface area contributed by atoms with Gasteiger partial charge in [0.05, 0.1) is 0 Å². The molecule has 0 saturated heterocycles. The topological polar surface area (TPSA) is 3.24 Å². The molecule has 1 heteroatoms.